The lowest BCUT2D eigenvalue weighted by atomic mass is 10.1. The van der Waals surface area contributed by atoms with Gasteiger partial charge in [-0.1, -0.05) is 12.2 Å². The molecule has 2 N–H and O–H groups in total. The molecule has 82 valence electrons. The normalized spacial score (nSPS) is 11.2. The SMILES string of the molecule is COc1cc(C(N)=S)cc(C(F)(F)F)c1. The van der Waals surface area contributed by atoms with Crippen LogP contribution in [0.2, 0.25) is 0 Å². The highest BCUT2D eigenvalue weighted by Crippen LogP contribution is 2.32. The summed E-state index contributed by atoms with van der Waals surface area (Å²) < 4.78 is 41.9. The number of hydrogen-bond acceptors (Lipinski definition) is 2. The van der Waals surface area contributed by atoms with E-state index in [4.69, 9.17) is 10.5 Å². The van der Waals surface area contributed by atoms with Gasteiger partial charge in [0.1, 0.15) is 10.7 Å². The summed E-state index contributed by atoms with van der Waals surface area (Å²) in [6, 6.07) is 3.14. The Kier molecular flexibility index (Phi) is 3.18. The van der Waals surface area contributed by atoms with Crippen molar-refractivity contribution in [2.45, 2.75) is 6.18 Å². The highest BCUT2D eigenvalue weighted by molar-refractivity contribution is 7.80. The molecule has 0 aliphatic rings. The molecule has 1 rings (SSSR count). The number of benzene rings is 1. The largest absolute Gasteiger partial charge is 0.497 e. The molecule has 0 aromatic heterocycles. The molecule has 6 heteroatoms. The van der Waals surface area contributed by atoms with Crippen molar-refractivity contribution in [2.24, 2.45) is 5.73 Å². The Balaban J connectivity index is 3.30. The fourth-order valence-corrected chi connectivity index (χ4v) is 1.14. The van der Waals surface area contributed by atoms with Crippen LogP contribution in [-0.2, 0) is 6.18 Å². The predicted octanol–water partition coefficient (Wildman–Crippen LogP) is 2.35. The Morgan fingerprint density at radius 2 is 1.93 bits per heavy atom. The number of methoxy groups -OCH3 is 1. The summed E-state index contributed by atoms with van der Waals surface area (Å²) in [5.74, 6) is 0.0765. The first kappa shape index (κ1) is 11.8. The second-order valence-corrected chi connectivity index (χ2v) is 3.25. The maximum absolute atomic E-state index is 12.4. The molecule has 0 aliphatic heterocycles. The van der Waals surface area contributed by atoms with E-state index >= 15 is 0 Å². The van der Waals surface area contributed by atoms with Crippen molar-refractivity contribution >= 4 is 17.2 Å². The molecule has 15 heavy (non-hydrogen) atoms. The van der Waals surface area contributed by atoms with Gasteiger partial charge < -0.3 is 10.5 Å². The summed E-state index contributed by atoms with van der Waals surface area (Å²) in [6.07, 6.45) is -4.44. The third-order valence-corrected chi connectivity index (χ3v) is 1.99. The minimum absolute atomic E-state index is 0.0765. The summed E-state index contributed by atoms with van der Waals surface area (Å²) >= 11 is 4.61. The Labute approximate surface area is 89.8 Å². The van der Waals surface area contributed by atoms with Gasteiger partial charge in [0.15, 0.2) is 0 Å². The van der Waals surface area contributed by atoms with Crippen LogP contribution in [0.4, 0.5) is 13.2 Å². The minimum Gasteiger partial charge on any atom is -0.497 e. The first-order valence-corrected chi connectivity index (χ1v) is 4.31. The standard InChI is InChI=1S/C9H8F3NOS/c1-14-7-3-5(8(13)15)2-6(4-7)9(10,11)12/h2-4H,1H3,(H2,13,15). The van der Waals surface area contributed by atoms with Crippen LogP contribution in [0, 0.1) is 0 Å². The molecule has 2 nitrogen and oxygen atoms in total. The van der Waals surface area contributed by atoms with Crippen LogP contribution < -0.4 is 10.5 Å². The molecule has 1 aromatic rings. The van der Waals surface area contributed by atoms with Gasteiger partial charge in [-0.25, -0.2) is 0 Å². The van der Waals surface area contributed by atoms with E-state index in [0.717, 1.165) is 12.1 Å². The summed E-state index contributed by atoms with van der Waals surface area (Å²) in [6.45, 7) is 0. The number of hydrogen-bond donors (Lipinski definition) is 1. The number of ether oxygens (including phenoxy) is 1. The Hall–Kier alpha value is -1.30. The summed E-state index contributed by atoms with van der Waals surface area (Å²) in [7, 11) is 1.28. The van der Waals surface area contributed by atoms with Crippen LogP contribution in [0.1, 0.15) is 11.1 Å². The predicted molar refractivity (Wildman–Crippen MR) is 53.9 cm³/mol. The second-order valence-electron chi connectivity index (χ2n) is 2.81. The molecule has 0 saturated heterocycles. The maximum Gasteiger partial charge on any atom is 0.416 e. The Morgan fingerprint density at radius 1 is 1.33 bits per heavy atom. The fourth-order valence-electron chi connectivity index (χ4n) is 1.02. The topological polar surface area (TPSA) is 35.2 Å². The van der Waals surface area contributed by atoms with E-state index < -0.39 is 11.7 Å². The summed E-state index contributed by atoms with van der Waals surface area (Å²) in [5, 5.41) is 0. The monoisotopic (exact) mass is 235 g/mol. The van der Waals surface area contributed by atoms with E-state index in [1.54, 1.807) is 0 Å². The van der Waals surface area contributed by atoms with E-state index in [9.17, 15) is 13.2 Å². The number of nitrogens with two attached hydrogens (primary N) is 1. The van der Waals surface area contributed by atoms with Crippen LogP contribution in [0.15, 0.2) is 18.2 Å². The highest BCUT2D eigenvalue weighted by atomic mass is 32.1. The van der Waals surface area contributed by atoms with Crippen LogP contribution in [0.3, 0.4) is 0 Å². The fraction of sp³-hybridized carbons (Fsp3) is 0.222. The van der Waals surface area contributed by atoms with E-state index in [2.05, 4.69) is 12.2 Å². The van der Waals surface area contributed by atoms with Crippen molar-refractivity contribution in [3.8, 4) is 5.75 Å². The van der Waals surface area contributed by atoms with Crippen molar-refractivity contribution in [2.75, 3.05) is 7.11 Å². The average molecular weight is 235 g/mol. The van der Waals surface area contributed by atoms with Gasteiger partial charge in [-0.2, -0.15) is 13.2 Å². The van der Waals surface area contributed by atoms with Gasteiger partial charge in [0.05, 0.1) is 12.7 Å². The maximum atomic E-state index is 12.4. The molecule has 0 spiro atoms. The molecule has 0 atom stereocenters. The highest BCUT2D eigenvalue weighted by Gasteiger charge is 2.31. The quantitative estimate of drug-likeness (QED) is 0.799. The molecule has 0 saturated carbocycles. The van der Waals surface area contributed by atoms with E-state index in [0.29, 0.717) is 0 Å². The van der Waals surface area contributed by atoms with Gasteiger partial charge in [-0.3, -0.25) is 0 Å². The van der Waals surface area contributed by atoms with Crippen molar-refractivity contribution < 1.29 is 17.9 Å². The summed E-state index contributed by atoms with van der Waals surface area (Å²) in [4.78, 5) is -0.0978. The lowest BCUT2D eigenvalue weighted by Crippen LogP contribution is -2.12. The van der Waals surface area contributed by atoms with Crippen LogP contribution in [0.25, 0.3) is 0 Å². The molecule has 0 aliphatic carbocycles. The zero-order valence-electron chi connectivity index (χ0n) is 7.76. The van der Waals surface area contributed by atoms with Gasteiger partial charge in [-0.15, -0.1) is 0 Å². The lowest BCUT2D eigenvalue weighted by molar-refractivity contribution is -0.137. The molecular weight excluding hydrogens is 227 g/mol. The molecule has 0 radical (unpaired) electrons. The first-order valence-electron chi connectivity index (χ1n) is 3.90. The number of halogens is 3. The third-order valence-electron chi connectivity index (χ3n) is 1.75. The molecule has 0 unspecified atom stereocenters. The van der Waals surface area contributed by atoms with Crippen molar-refractivity contribution in [3.63, 3.8) is 0 Å². The zero-order valence-corrected chi connectivity index (χ0v) is 8.58. The number of thiocarbonyl (C=S) groups is 1. The van der Waals surface area contributed by atoms with Gasteiger partial charge in [0.2, 0.25) is 0 Å². The van der Waals surface area contributed by atoms with E-state index in [-0.39, 0.29) is 16.3 Å². The molecular formula is C9H8F3NOS. The van der Waals surface area contributed by atoms with Crippen LogP contribution in [-0.4, -0.2) is 12.1 Å². The van der Waals surface area contributed by atoms with Gasteiger partial charge >= 0.3 is 6.18 Å². The van der Waals surface area contributed by atoms with Crippen LogP contribution in [0.5, 0.6) is 5.75 Å². The van der Waals surface area contributed by atoms with Crippen molar-refractivity contribution in [1.82, 2.24) is 0 Å². The van der Waals surface area contributed by atoms with Gasteiger partial charge in [0.25, 0.3) is 0 Å². The Bertz CT molecular complexity index is 389. The molecule has 0 heterocycles. The number of rotatable bonds is 2. The Morgan fingerprint density at radius 3 is 2.33 bits per heavy atom. The van der Waals surface area contributed by atoms with E-state index in [1.165, 1.54) is 13.2 Å². The van der Waals surface area contributed by atoms with Crippen LogP contribution >= 0.6 is 12.2 Å². The van der Waals surface area contributed by atoms with Gasteiger partial charge in [0, 0.05) is 5.56 Å². The third kappa shape index (κ3) is 2.82. The molecule has 0 amide bonds. The molecule has 1 aromatic carbocycles. The average Bonchev–Trinajstić information content (AvgIpc) is 2.15. The molecule has 0 fully saturated rings. The van der Waals surface area contributed by atoms with Crippen molar-refractivity contribution in [1.29, 1.82) is 0 Å². The zero-order chi connectivity index (χ0) is 11.6. The van der Waals surface area contributed by atoms with Gasteiger partial charge in [-0.05, 0) is 18.2 Å². The minimum atomic E-state index is -4.44. The van der Waals surface area contributed by atoms with E-state index in [1.807, 2.05) is 0 Å². The molecule has 0 bridgehead atoms. The summed E-state index contributed by atoms with van der Waals surface area (Å²) in [5.41, 5.74) is 4.56. The second kappa shape index (κ2) is 4.06. The smallest absolute Gasteiger partial charge is 0.416 e. The van der Waals surface area contributed by atoms with Crippen molar-refractivity contribution in [3.05, 3.63) is 29.3 Å². The first-order chi connectivity index (χ1) is 6.84. The number of alkyl halides is 3. The lowest BCUT2D eigenvalue weighted by Gasteiger charge is -2.10.